The van der Waals surface area contributed by atoms with E-state index in [1.165, 1.54) is 10.4 Å². The van der Waals surface area contributed by atoms with Crippen molar-refractivity contribution in [2.45, 2.75) is 45.6 Å². The van der Waals surface area contributed by atoms with E-state index < -0.39 is 0 Å². The molecular formula is C18H24N4O2S. The Kier molecular flexibility index (Phi) is 4.37. The molecule has 2 aliphatic rings. The van der Waals surface area contributed by atoms with E-state index in [9.17, 15) is 9.59 Å². The zero-order valence-corrected chi connectivity index (χ0v) is 15.3. The summed E-state index contributed by atoms with van der Waals surface area (Å²) in [7, 11) is 0. The topological polar surface area (TPSA) is 92.1 Å². The summed E-state index contributed by atoms with van der Waals surface area (Å²) in [5.74, 6) is 1.19. The molecular weight excluding hydrogens is 336 g/mol. The number of primary amides is 1. The number of amides is 1. The van der Waals surface area contributed by atoms with Gasteiger partial charge in [-0.15, -0.1) is 11.3 Å². The third-order valence-corrected chi connectivity index (χ3v) is 6.73. The lowest BCUT2D eigenvalue weighted by atomic mass is 9.89. The number of likely N-dealkylation sites (tertiary alicyclic amines) is 1. The molecule has 0 bridgehead atoms. The van der Waals surface area contributed by atoms with Crippen molar-refractivity contribution < 1.29 is 4.79 Å². The van der Waals surface area contributed by atoms with Crippen molar-refractivity contribution in [1.29, 1.82) is 0 Å². The molecule has 25 heavy (non-hydrogen) atoms. The minimum absolute atomic E-state index is 0.000856. The predicted molar refractivity (Wildman–Crippen MR) is 98.6 cm³/mol. The van der Waals surface area contributed by atoms with Crippen LogP contribution in [0.3, 0.4) is 0 Å². The number of aromatic nitrogens is 2. The molecule has 2 aromatic heterocycles. The highest BCUT2D eigenvalue weighted by atomic mass is 32.1. The first-order valence-corrected chi connectivity index (χ1v) is 9.88. The van der Waals surface area contributed by atoms with Crippen molar-refractivity contribution in [3.8, 4) is 0 Å². The van der Waals surface area contributed by atoms with Gasteiger partial charge in [-0.1, -0.05) is 6.92 Å². The van der Waals surface area contributed by atoms with Crippen LogP contribution in [0.15, 0.2) is 4.79 Å². The highest BCUT2D eigenvalue weighted by Crippen LogP contribution is 2.35. The van der Waals surface area contributed by atoms with Crippen LogP contribution in [0.1, 0.15) is 42.5 Å². The average Bonchev–Trinajstić information content (AvgIpc) is 2.92. The molecule has 2 aromatic rings. The summed E-state index contributed by atoms with van der Waals surface area (Å²) in [6, 6.07) is 0. The molecule has 1 atom stereocenters. The normalized spacial score (nSPS) is 22.2. The van der Waals surface area contributed by atoms with Gasteiger partial charge in [-0.25, -0.2) is 4.98 Å². The molecule has 1 fully saturated rings. The first-order valence-electron chi connectivity index (χ1n) is 9.06. The van der Waals surface area contributed by atoms with Gasteiger partial charge in [0.25, 0.3) is 5.56 Å². The monoisotopic (exact) mass is 360 g/mol. The molecule has 0 spiro atoms. The summed E-state index contributed by atoms with van der Waals surface area (Å²) in [5.41, 5.74) is 6.61. The van der Waals surface area contributed by atoms with Crippen LogP contribution in [0.5, 0.6) is 0 Å². The minimum Gasteiger partial charge on any atom is -0.369 e. The SMILES string of the molecule is C[C@H]1CCc2c(sc3nc(CN4CCC(C(N)=O)CC4)[nH]c(=O)c23)C1. The number of aryl methyl sites for hydroxylation is 1. The van der Waals surface area contributed by atoms with Gasteiger partial charge in [-0.2, -0.15) is 0 Å². The second-order valence-electron chi connectivity index (χ2n) is 7.50. The summed E-state index contributed by atoms with van der Waals surface area (Å²) < 4.78 is 0. The van der Waals surface area contributed by atoms with E-state index in [0.29, 0.717) is 12.5 Å². The van der Waals surface area contributed by atoms with Crippen molar-refractivity contribution in [3.05, 3.63) is 26.6 Å². The Morgan fingerprint density at radius 1 is 1.36 bits per heavy atom. The molecule has 3 N–H and O–H groups in total. The van der Waals surface area contributed by atoms with E-state index in [1.54, 1.807) is 11.3 Å². The Balaban J connectivity index is 1.56. The quantitative estimate of drug-likeness (QED) is 0.873. The largest absolute Gasteiger partial charge is 0.369 e. The van der Waals surface area contributed by atoms with Crippen LogP contribution in [0.4, 0.5) is 0 Å². The maximum Gasteiger partial charge on any atom is 0.259 e. The Labute approximate surface area is 150 Å². The molecule has 7 heteroatoms. The number of aromatic amines is 1. The summed E-state index contributed by atoms with van der Waals surface area (Å²) in [6.45, 7) is 4.52. The van der Waals surface area contributed by atoms with Gasteiger partial charge in [0.15, 0.2) is 0 Å². The lowest BCUT2D eigenvalue weighted by molar-refractivity contribution is -0.123. The van der Waals surface area contributed by atoms with Gasteiger partial charge in [-0.3, -0.25) is 14.5 Å². The van der Waals surface area contributed by atoms with Gasteiger partial charge in [0, 0.05) is 10.8 Å². The van der Waals surface area contributed by atoms with Gasteiger partial charge in [0.1, 0.15) is 10.7 Å². The smallest absolute Gasteiger partial charge is 0.259 e. The van der Waals surface area contributed by atoms with Crippen molar-refractivity contribution in [1.82, 2.24) is 14.9 Å². The van der Waals surface area contributed by atoms with E-state index in [4.69, 9.17) is 10.7 Å². The van der Waals surface area contributed by atoms with Crippen LogP contribution in [-0.4, -0.2) is 33.9 Å². The van der Waals surface area contributed by atoms with Crippen molar-refractivity contribution in [2.24, 2.45) is 17.6 Å². The van der Waals surface area contributed by atoms with E-state index in [-0.39, 0.29) is 17.4 Å². The molecule has 1 saturated heterocycles. The molecule has 0 aromatic carbocycles. The number of nitrogens with zero attached hydrogens (tertiary/aromatic N) is 2. The predicted octanol–water partition coefficient (Wildman–Crippen LogP) is 1.81. The number of nitrogens with one attached hydrogen (secondary N) is 1. The highest BCUT2D eigenvalue weighted by molar-refractivity contribution is 7.18. The summed E-state index contributed by atoms with van der Waals surface area (Å²) in [5, 5.41) is 0.808. The number of hydrogen-bond donors (Lipinski definition) is 2. The fourth-order valence-corrected chi connectivity index (χ4v) is 5.46. The lowest BCUT2D eigenvalue weighted by Gasteiger charge is -2.29. The van der Waals surface area contributed by atoms with Crippen LogP contribution in [0, 0.1) is 11.8 Å². The molecule has 1 amide bonds. The second kappa shape index (κ2) is 6.53. The molecule has 3 heterocycles. The molecule has 0 saturated carbocycles. The number of carbonyl (C=O) groups excluding carboxylic acids is 1. The number of H-pyrrole nitrogens is 1. The Morgan fingerprint density at radius 2 is 2.12 bits per heavy atom. The lowest BCUT2D eigenvalue weighted by Crippen LogP contribution is -2.38. The van der Waals surface area contributed by atoms with E-state index in [2.05, 4.69) is 16.8 Å². The van der Waals surface area contributed by atoms with E-state index in [1.807, 2.05) is 0 Å². The van der Waals surface area contributed by atoms with Crippen molar-refractivity contribution in [3.63, 3.8) is 0 Å². The molecule has 1 aliphatic carbocycles. The van der Waals surface area contributed by atoms with Gasteiger partial charge >= 0.3 is 0 Å². The van der Waals surface area contributed by atoms with Crippen LogP contribution in [0.2, 0.25) is 0 Å². The fourth-order valence-electron chi connectivity index (χ4n) is 4.06. The minimum atomic E-state index is -0.203. The van der Waals surface area contributed by atoms with Crippen LogP contribution in [0.25, 0.3) is 10.2 Å². The maximum atomic E-state index is 12.6. The number of nitrogens with two attached hydrogens (primary N) is 1. The molecule has 0 radical (unpaired) electrons. The highest BCUT2D eigenvalue weighted by Gasteiger charge is 2.25. The van der Waals surface area contributed by atoms with Gasteiger partial charge < -0.3 is 10.7 Å². The zero-order chi connectivity index (χ0) is 17.6. The standard InChI is InChI=1S/C18H24N4O2S/c1-10-2-3-12-13(8-10)25-18-15(12)17(24)20-14(21-18)9-22-6-4-11(5-7-22)16(19)23/h10-11H,2-9H2,1H3,(H2,19,23)(H,20,21,24)/t10-/m0/s1. The Bertz CT molecular complexity index is 864. The number of piperidine rings is 1. The van der Waals surface area contributed by atoms with Crippen LogP contribution < -0.4 is 11.3 Å². The third kappa shape index (κ3) is 3.22. The van der Waals surface area contributed by atoms with Crippen molar-refractivity contribution >= 4 is 27.5 Å². The number of carbonyl (C=O) groups is 1. The zero-order valence-electron chi connectivity index (χ0n) is 14.5. The number of fused-ring (bicyclic) bond motifs is 3. The van der Waals surface area contributed by atoms with Crippen LogP contribution in [-0.2, 0) is 24.2 Å². The van der Waals surface area contributed by atoms with Gasteiger partial charge in [-0.05, 0) is 56.7 Å². The fraction of sp³-hybridized carbons (Fsp3) is 0.611. The number of hydrogen-bond acceptors (Lipinski definition) is 5. The maximum absolute atomic E-state index is 12.6. The molecule has 134 valence electrons. The Morgan fingerprint density at radius 3 is 2.84 bits per heavy atom. The average molecular weight is 360 g/mol. The van der Waals surface area contributed by atoms with Crippen LogP contribution >= 0.6 is 11.3 Å². The first-order chi connectivity index (χ1) is 12.0. The number of thiophene rings is 1. The molecule has 6 nitrogen and oxygen atoms in total. The van der Waals surface area contributed by atoms with E-state index >= 15 is 0 Å². The van der Waals surface area contributed by atoms with E-state index in [0.717, 1.165) is 61.2 Å². The summed E-state index contributed by atoms with van der Waals surface area (Å²) in [6.07, 6.45) is 4.77. The first kappa shape index (κ1) is 16.7. The molecule has 0 unspecified atom stereocenters. The van der Waals surface area contributed by atoms with Gasteiger partial charge in [0.05, 0.1) is 11.9 Å². The summed E-state index contributed by atoms with van der Waals surface area (Å²) >= 11 is 1.69. The van der Waals surface area contributed by atoms with Crippen molar-refractivity contribution in [2.75, 3.05) is 13.1 Å². The number of rotatable bonds is 3. The molecule has 1 aliphatic heterocycles. The third-order valence-electron chi connectivity index (χ3n) is 5.58. The molecule has 4 rings (SSSR count). The summed E-state index contributed by atoms with van der Waals surface area (Å²) in [4.78, 5) is 36.1. The van der Waals surface area contributed by atoms with Gasteiger partial charge in [0.2, 0.25) is 5.91 Å². The Hall–Kier alpha value is -1.73. The second-order valence-corrected chi connectivity index (χ2v) is 8.58.